The van der Waals surface area contributed by atoms with E-state index in [1.807, 2.05) is 18.2 Å². The maximum atomic E-state index is 11.2. The number of anilines is 1. The Morgan fingerprint density at radius 1 is 1.11 bits per heavy atom. The average molecular weight is 307 g/mol. The second-order valence-electron chi connectivity index (χ2n) is 4.29. The minimum atomic E-state index is -0.132. The highest BCUT2D eigenvalue weighted by Gasteiger charge is 1.99. The number of nitrogens with one attached hydrogen (secondary N) is 1. The summed E-state index contributed by atoms with van der Waals surface area (Å²) in [5, 5.41) is 0. The molecule has 18 heavy (non-hydrogen) atoms. The molecule has 2 aromatic rings. The number of hydrogen-bond acceptors (Lipinski definition) is 2. The molecule has 1 aromatic heterocycles. The van der Waals surface area contributed by atoms with Crippen LogP contribution in [0.1, 0.15) is 17.5 Å². The van der Waals surface area contributed by atoms with Crippen LogP contribution in [0.5, 0.6) is 0 Å². The van der Waals surface area contributed by atoms with Gasteiger partial charge in [-0.05, 0) is 48.6 Å². The fourth-order valence-corrected chi connectivity index (χ4v) is 2.40. The van der Waals surface area contributed by atoms with Gasteiger partial charge < -0.3 is 10.7 Å². The molecule has 3 nitrogen and oxygen atoms in total. The number of aromatic amines is 1. The minimum Gasteiger partial charge on any atom is -0.385 e. The molecule has 4 heteroatoms. The molecule has 0 atom stereocenters. The molecule has 94 valence electrons. The van der Waals surface area contributed by atoms with Gasteiger partial charge in [0.2, 0.25) is 5.56 Å². The first kappa shape index (κ1) is 12.9. The predicted octanol–water partition coefficient (Wildman–Crippen LogP) is 2.89. The molecule has 0 aliphatic carbocycles. The Balaban J connectivity index is 1.94. The highest BCUT2D eigenvalue weighted by molar-refractivity contribution is 9.10. The van der Waals surface area contributed by atoms with Crippen LogP contribution in [0.25, 0.3) is 0 Å². The van der Waals surface area contributed by atoms with Crippen molar-refractivity contribution in [3.63, 3.8) is 0 Å². The number of nitrogens with two attached hydrogens (primary N) is 1. The molecular weight excluding hydrogens is 292 g/mol. The number of aryl methyl sites for hydroxylation is 2. The Morgan fingerprint density at radius 3 is 2.61 bits per heavy atom. The molecule has 1 aromatic carbocycles. The Labute approximate surface area is 114 Å². The number of benzene rings is 1. The molecule has 3 N–H and O–H groups in total. The van der Waals surface area contributed by atoms with Gasteiger partial charge in [0.1, 0.15) is 5.82 Å². The van der Waals surface area contributed by atoms with Crippen molar-refractivity contribution in [1.29, 1.82) is 0 Å². The van der Waals surface area contributed by atoms with Crippen LogP contribution in [0.15, 0.2) is 45.7 Å². The van der Waals surface area contributed by atoms with Crippen molar-refractivity contribution in [1.82, 2.24) is 4.98 Å². The summed E-state index contributed by atoms with van der Waals surface area (Å²) in [4.78, 5) is 13.8. The molecule has 1 heterocycles. The van der Waals surface area contributed by atoms with Crippen molar-refractivity contribution in [2.45, 2.75) is 19.3 Å². The largest absolute Gasteiger partial charge is 0.385 e. The van der Waals surface area contributed by atoms with E-state index in [9.17, 15) is 4.79 Å². The van der Waals surface area contributed by atoms with Gasteiger partial charge in [-0.2, -0.15) is 0 Å². The van der Waals surface area contributed by atoms with Gasteiger partial charge in [0.05, 0.1) is 0 Å². The van der Waals surface area contributed by atoms with Crippen molar-refractivity contribution >= 4 is 21.7 Å². The number of H-pyrrole nitrogens is 1. The third kappa shape index (κ3) is 3.74. The Hall–Kier alpha value is -1.55. The summed E-state index contributed by atoms with van der Waals surface area (Å²) in [6, 6.07) is 11.7. The highest BCUT2D eigenvalue weighted by atomic mass is 79.9. The fourth-order valence-electron chi connectivity index (χ4n) is 1.96. The van der Waals surface area contributed by atoms with Crippen molar-refractivity contribution < 1.29 is 0 Å². The summed E-state index contributed by atoms with van der Waals surface area (Å²) < 4.78 is 1.10. The van der Waals surface area contributed by atoms with Crippen LogP contribution < -0.4 is 11.3 Å². The first-order chi connectivity index (χ1) is 8.63. The van der Waals surface area contributed by atoms with Gasteiger partial charge in [0, 0.05) is 10.5 Å². The van der Waals surface area contributed by atoms with E-state index in [0.29, 0.717) is 5.82 Å². The van der Waals surface area contributed by atoms with E-state index in [2.05, 4.69) is 33.0 Å². The van der Waals surface area contributed by atoms with Crippen LogP contribution in [0.3, 0.4) is 0 Å². The maximum absolute atomic E-state index is 11.2. The average Bonchev–Trinajstić information content (AvgIpc) is 2.27. The zero-order valence-corrected chi connectivity index (χ0v) is 11.5. The Bertz CT molecular complexity index is 592. The summed E-state index contributed by atoms with van der Waals surface area (Å²) >= 11 is 3.46. The lowest BCUT2D eigenvalue weighted by atomic mass is 10.0. The monoisotopic (exact) mass is 306 g/mol. The van der Waals surface area contributed by atoms with Crippen molar-refractivity contribution in [3.8, 4) is 0 Å². The van der Waals surface area contributed by atoms with Gasteiger partial charge in [0.25, 0.3) is 0 Å². The van der Waals surface area contributed by atoms with Crippen LogP contribution in [-0.4, -0.2) is 4.98 Å². The normalized spacial score (nSPS) is 10.5. The summed E-state index contributed by atoms with van der Waals surface area (Å²) in [7, 11) is 0. The van der Waals surface area contributed by atoms with Gasteiger partial charge in [0.15, 0.2) is 0 Å². The van der Waals surface area contributed by atoms with E-state index in [-0.39, 0.29) is 5.56 Å². The number of rotatable bonds is 4. The van der Waals surface area contributed by atoms with Gasteiger partial charge in [-0.3, -0.25) is 4.79 Å². The van der Waals surface area contributed by atoms with E-state index >= 15 is 0 Å². The number of halogens is 1. The van der Waals surface area contributed by atoms with Crippen molar-refractivity contribution in [3.05, 3.63) is 62.4 Å². The first-order valence-corrected chi connectivity index (χ1v) is 6.66. The van der Waals surface area contributed by atoms with Crippen LogP contribution >= 0.6 is 15.9 Å². The standard InChI is InChI=1S/C14H15BrN2O/c15-12-6-2-4-10(7-12)3-1-5-11-8-13(16)17-14(18)9-11/h2,4,6-9H,1,3,5H2,(H3,16,17,18). The second-order valence-corrected chi connectivity index (χ2v) is 5.21. The molecule has 0 aliphatic rings. The zero-order chi connectivity index (χ0) is 13.0. The van der Waals surface area contributed by atoms with Crippen molar-refractivity contribution in [2.75, 3.05) is 5.73 Å². The minimum absolute atomic E-state index is 0.132. The summed E-state index contributed by atoms with van der Waals surface area (Å²) in [6.45, 7) is 0. The third-order valence-corrected chi connectivity index (χ3v) is 3.24. The highest BCUT2D eigenvalue weighted by Crippen LogP contribution is 2.14. The molecule has 0 bridgehead atoms. The van der Waals surface area contributed by atoms with Gasteiger partial charge in [-0.25, -0.2) is 0 Å². The Morgan fingerprint density at radius 2 is 1.89 bits per heavy atom. The van der Waals surface area contributed by atoms with Crippen LogP contribution in [0.4, 0.5) is 5.82 Å². The third-order valence-electron chi connectivity index (χ3n) is 2.74. The molecule has 0 radical (unpaired) electrons. The topological polar surface area (TPSA) is 58.9 Å². The number of nitrogen functional groups attached to an aromatic ring is 1. The van der Waals surface area contributed by atoms with Crippen LogP contribution in [0, 0.1) is 0 Å². The predicted molar refractivity (Wildman–Crippen MR) is 77.6 cm³/mol. The quantitative estimate of drug-likeness (QED) is 0.912. The van der Waals surface area contributed by atoms with E-state index in [4.69, 9.17) is 5.73 Å². The van der Waals surface area contributed by atoms with E-state index in [0.717, 1.165) is 29.3 Å². The summed E-state index contributed by atoms with van der Waals surface area (Å²) in [6.07, 6.45) is 2.85. The van der Waals surface area contributed by atoms with Gasteiger partial charge in [-0.15, -0.1) is 0 Å². The molecule has 0 unspecified atom stereocenters. The SMILES string of the molecule is Nc1cc(CCCc2cccc(Br)c2)cc(=O)[nH]1. The smallest absolute Gasteiger partial charge is 0.249 e. The number of aromatic nitrogens is 1. The van der Waals surface area contributed by atoms with Crippen molar-refractivity contribution in [2.24, 2.45) is 0 Å². The summed E-state index contributed by atoms with van der Waals surface area (Å²) in [5.41, 5.74) is 7.75. The second kappa shape index (κ2) is 5.87. The molecule has 0 fully saturated rings. The lowest BCUT2D eigenvalue weighted by Gasteiger charge is -2.03. The lowest BCUT2D eigenvalue weighted by Crippen LogP contribution is -2.09. The van der Waals surface area contributed by atoms with Crippen LogP contribution in [-0.2, 0) is 12.8 Å². The van der Waals surface area contributed by atoms with E-state index in [1.54, 1.807) is 6.07 Å². The molecule has 0 spiro atoms. The van der Waals surface area contributed by atoms with Crippen LogP contribution in [0.2, 0.25) is 0 Å². The van der Waals surface area contributed by atoms with Gasteiger partial charge in [-0.1, -0.05) is 28.1 Å². The zero-order valence-electron chi connectivity index (χ0n) is 9.95. The fraction of sp³-hybridized carbons (Fsp3) is 0.214. The molecule has 0 aliphatic heterocycles. The van der Waals surface area contributed by atoms with E-state index < -0.39 is 0 Å². The molecule has 2 rings (SSSR count). The molecule has 0 amide bonds. The van der Waals surface area contributed by atoms with Gasteiger partial charge >= 0.3 is 0 Å². The first-order valence-electron chi connectivity index (χ1n) is 5.86. The molecule has 0 saturated heterocycles. The molecule has 0 saturated carbocycles. The van der Waals surface area contributed by atoms with E-state index in [1.165, 1.54) is 5.56 Å². The maximum Gasteiger partial charge on any atom is 0.249 e. The number of hydrogen-bond donors (Lipinski definition) is 2. The molecular formula is C14H15BrN2O. The Kier molecular flexibility index (Phi) is 4.20. The summed E-state index contributed by atoms with van der Waals surface area (Å²) in [5.74, 6) is 0.431. The number of pyridine rings is 1. The lowest BCUT2D eigenvalue weighted by molar-refractivity contribution is 0.818.